The molecule has 2 aromatic heterocycles. The highest BCUT2D eigenvalue weighted by atomic mass is 16.5. The molecule has 0 aliphatic heterocycles. The largest absolute Gasteiger partial charge is 0.385 e. The molecule has 7 heteroatoms. The number of nitrogens with one attached hydrogen (secondary N) is 1. The lowest BCUT2D eigenvalue weighted by Gasteiger charge is -2.17. The Kier molecular flexibility index (Phi) is 4.89. The number of fused-ring (bicyclic) bond motifs is 1. The second kappa shape index (κ2) is 6.85. The Bertz CT molecular complexity index is 569. The fourth-order valence-electron chi connectivity index (χ4n) is 1.81. The maximum absolute atomic E-state index is 11.8. The van der Waals surface area contributed by atoms with Gasteiger partial charge in [-0.05, 0) is 18.6 Å². The van der Waals surface area contributed by atoms with E-state index in [0.29, 0.717) is 13.2 Å². The molecule has 0 aromatic carbocycles. The number of ether oxygens (including phenoxy) is 1. The summed E-state index contributed by atoms with van der Waals surface area (Å²) in [5.74, 6) is 0.693. The van der Waals surface area contributed by atoms with Gasteiger partial charge in [-0.15, -0.1) is 5.10 Å². The van der Waals surface area contributed by atoms with E-state index in [4.69, 9.17) is 4.74 Å². The zero-order valence-corrected chi connectivity index (χ0v) is 11.7. The molecule has 108 valence electrons. The quantitative estimate of drug-likeness (QED) is 0.738. The van der Waals surface area contributed by atoms with E-state index < -0.39 is 0 Å². The monoisotopic (exact) mass is 277 g/mol. The highest BCUT2D eigenvalue weighted by Crippen LogP contribution is 2.09. The summed E-state index contributed by atoms with van der Waals surface area (Å²) < 4.78 is 6.61. The van der Waals surface area contributed by atoms with Crippen molar-refractivity contribution in [1.82, 2.24) is 19.9 Å². The van der Waals surface area contributed by atoms with Crippen LogP contribution in [0.15, 0.2) is 24.5 Å². The highest BCUT2D eigenvalue weighted by Gasteiger charge is 2.09. The van der Waals surface area contributed by atoms with Crippen LogP contribution in [0.25, 0.3) is 5.65 Å². The van der Waals surface area contributed by atoms with Gasteiger partial charge in [-0.1, -0.05) is 0 Å². The van der Waals surface area contributed by atoms with Crippen molar-refractivity contribution in [1.29, 1.82) is 0 Å². The summed E-state index contributed by atoms with van der Waals surface area (Å²) in [5, 5.41) is 7.22. The van der Waals surface area contributed by atoms with Gasteiger partial charge < -0.3 is 15.0 Å². The van der Waals surface area contributed by atoms with Crippen molar-refractivity contribution in [3.8, 4) is 0 Å². The SMILES string of the molecule is COCCCNC(=O)CN(C)c1ccc2nccn2n1. The molecular formula is C13H19N5O2. The smallest absolute Gasteiger partial charge is 0.239 e. The van der Waals surface area contributed by atoms with E-state index in [9.17, 15) is 4.79 Å². The number of nitrogens with zero attached hydrogens (tertiary/aromatic N) is 4. The molecule has 0 saturated heterocycles. The van der Waals surface area contributed by atoms with Gasteiger partial charge >= 0.3 is 0 Å². The maximum Gasteiger partial charge on any atom is 0.239 e. The molecule has 0 aliphatic carbocycles. The Morgan fingerprint density at radius 2 is 2.35 bits per heavy atom. The van der Waals surface area contributed by atoms with E-state index in [1.807, 2.05) is 19.2 Å². The molecule has 0 aliphatic rings. The zero-order chi connectivity index (χ0) is 14.4. The second-order valence-corrected chi connectivity index (χ2v) is 4.47. The fraction of sp³-hybridized carbons (Fsp3) is 0.462. The standard InChI is InChI=1S/C13H19N5O2/c1-17(10-13(19)15-6-3-9-20-2)12-5-4-11-14-7-8-18(11)16-12/h4-5,7-8H,3,6,9-10H2,1-2H3,(H,15,19). The molecule has 0 saturated carbocycles. The summed E-state index contributed by atoms with van der Waals surface area (Å²) in [4.78, 5) is 17.7. The van der Waals surface area contributed by atoms with E-state index >= 15 is 0 Å². The highest BCUT2D eigenvalue weighted by molar-refractivity contribution is 5.80. The molecule has 0 atom stereocenters. The van der Waals surface area contributed by atoms with E-state index in [0.717, 1.165) is 17.9 Å². The van der Waals surface area contributed by atoms with Crippen molar-refractivity contribution < 1.29 is 9.53 Å². The molecule has 0 radical (unpaired) electrons. The van der Waals surface area contributed by atoms with Crippen LogP contribution in [-0.2, 0) is 9.53 Å². The average Bonchev–Trinajstić information content (AvgIpc) is 2.90. The van der Waals surface area contributed by atoms with Gasteiger partial charge in [-0.3, -0.25) is 4.79 Å². The van der Waals surface area contributed by atoms with E-state index in [2.05, 4.69) is 15.4 Å². The van der Waals surface area contributed by atoms with Crippen molar-refractivity contribution in [3.63, 3.8) is 0 Å². The minimum absolute atomic E-state index is 0.0314. The van der Waals surface area contributed by atoms with Crippen LogP contribution in [0.4, 0.5) is 5.82 Å². The van der Waals surface area contributed by atoms with Gasteiger partial charge in [-0.2, -0.15) is 0 Å². The number of rotatable bonds is 7. The lowest BCUT2D eigenvalue weighted by molar-refractivity contribution is -0.119. The number of methoxy groups -OCH3 is 1. The average molecular weight is 277 g/mol. The summed E-state index contributed by atoms with van der Waals surface area (Å²) >= 11 is 0. The molecular weight excluding hydrogens is 258 g/mol. The normalized spacial score (nSPS) is 10.7. The van der Waals surface area contributed by atoms with Crippen molar-refractivity contribution in [3.05, 3.63) is 24.5 Å². The van der Waals surface area contributed by atoms with Crippen molar-refractivity contribution >= 4 is 17.4 Å². The topological polar surface area (TPSA) is 71.8 Å². The molecule has 0 bridgehead atoms. The van der Waals surface area contributed by atoms with Gasteiger partial charge in [0.2, 0.25) is 5.91 Å². The molecule has 2 aromatic rings. The van der Waals surface area contributed by atoms with Crippen LogP contribution in [0.5, 0.6) is 0 Å². The van der Waals surface area contributed by atoms with Crippen LogP contribution in [0.2, 0.25) is 0 Å². The molecule has 1 N–H and O–H groups in total. The molecule has 0 spiro atoms. The first-order valence-corrected chi connectivity index (χ1v) is 6.48. The first-order valence-electron chi connectivity index (χ1n) is 6.48. The van der Waals surface area contributed by atoms with Gasteiger partial charge in [0.05, 0.1) is 6.54 Å². The fourth-order valence-corrected chi connectivity index (χ4v) is 1.81. The first kappa shape index (κ1) is 14.3. The zero-order valence-electron chi connectivity index (χ0n) is 11.7. The Morgan fingerprint density at radius 3 is 3.15 bits per heavy atom. The van der Waals surface area contributed by atoms with Gasteiger partial charge in [0, 0.05) is 39.7 Å². The number of carbonyl (C=O) groups is 1. The Balaban J connectivity index is 1.87. The van der Waals surface area contributed by atoms with E-state index in [-0.39, 0.29) is 12.5 Å². The number of carbonyl (C=O) groups excluding carboxylic acids is 1. The third kappa shape index (κ3) is 3.67. The van der Waals surface area contributed by atoms with Crippen LogP contribution in [0.3, 0.4) is 0 Å². The Morgan fingerprint density at radius 1 is 1.50 bits per heavy atom. The van der Waals surface area contributed by atoms with Crippen LogP contribution >= 0.6 is 0 Å². The summed E-state index contributed by atoms with van der Waals surface area (Å²) in [7, 11) is 3.48. The molecule has 2 heterocycles. The molecule has 2 rings (SSSR count). The lowest BCUT2D eigenvalue weighted by Crippen LogP contribution is -2.36. The number of amides is 1. The van der Waals surface area contributed by atoms with E-state index in [1.165, 1.54) is 0 Å². The van der Waals surface area contributed by atoms with E-state index in [1.54, 1.807) is 28.9 Å². The van der Waals surface area contributed by atoms with Crippen LogP contribution in [0.1, 0.15) is 6.42 Å². The summed E-state index contributed by atoms with van der Waals surface area (Å²) in [6, 6.07) is 3.72. The van der Waals surface area contributed by atoms with Crippen molar-refractivity contribution in [2.45, 2.75) is 6.42 Å². The Labute approximate surface area is 117 Å². The minimum Gasteiger partial charge on any atom is -0.385 e. The number of aromatic nitrogens is 3. The molecule has 1 amide bonds. The summed E-state index contributed by atoms with van der Waals surface area (Å²) in [6.45, 7) is 1.53. The molecule has 7 nitrogen and oxygen atoms in total. The van der Waals surface area contributed by atoms with Crippen LogP contribution in [-0.4, -0.2) is 54.4 Å². The third-order valence-electron chi connectivity index (χ3n) is 2.86. The number of likely N-dealkylation sites (N-methyl/N-ethyl adjacent to an activating group) is 1. The van der Waals surface area contributed by atoms with Gasteiger partial charge in [0.1, 0.15) is 5.82 Å². The minimum atomic E-state index is -0.0314. The molecule has 0 unspecified atom stereocenters. The number of hydrogen-bond acceptors (Lipinski definition) is 5. The predicted octanol–water partition coefficient (Wildman–Crippen LogP) is 0.318. The summed E-state index contributed by atoms with van der Waals surface area (Å²) in [5.41, 5.74) is 0.783. The van der Waals surface area contributed by atoms with Crippen molar-refractivity contribution in [2.24, 2.45) is 0 Å². The Hall–Kier alpha value is -2.15. The summed E-state index contributed by atoms with van der Waals surface area (Å²) in [6.07, 6.45) is 4.28. The number of hydrogen-bond donors (Lipinski definition) is 1. The molecule has 0 fully saturated rings. The first-order chi connectivity index (χ1) is 9.70. The van der Waals surface area contributed by atoms with Gasteiger partial charge in [-0.25, -0.2) is 9.50 Å². The van der Waals surface area contributed by atoms with Gasteiger partial charge in [0.25, 0.3) is 0 Å². The van der Waals surface area contributed by atoms with Crippen LogP contribution in [0, 0.1) is 0 Å². The van der Waals surface area contributed by atoms with Crippen molar-refractivity contribution in [2.75, 3.05) is 38.8 Å². The van der Waals surface area contributed by atoms with Gasteiger partial charge in [0.15, 0.2) is 5.65 Å². The second-order valence-electron chi connectivity index (χ2n) is 4.47. The maximum atomic E-state index is 11.8. The molecule has 20 heavy (non-hydrogen) atoms. The third-order valence-corrected chi connectivity index (χ3v) is 2.86. The lowest BCUT2D eigenvalue weighted by atomic mass is 10.4. The number of anilines is 1. The van der Waals surface area contributed by atoms with Crippen LogP contribution < -0.4 is 10.2 Å². The number of imidazole rings is 1. The predicted molar refractivity (Wildman–Crippen MR) is 75.8 cm³/mol.